The van der Waals surface area contributed by atoms with Gasteiger partial charge in [-0.25, -0.2) is 0 Å². The normalized spacial score (nSPS) is 11.2. The zero-order valence-corrected chi connectivity index (χ0v) is 14.1. The number of aliphatic carboxylic acids is 2. The van der Waals surface area contributed by atoms with E-state index in [0.29, 0.717) is 12.8 Å². The van der Waals surface area contributed by atoms with Crippen molar-refractivity contribution in [2.45, 2.75) is 36.9 Å². The van der Waals surface area contributed by atoms with Crippen LogP contribution < -0.4 is 0 Å². The number of carboxylic acids is 2. The van der Waals surface area contributed by atoms with E-state index in [9.17, 15) is 9.59 Å². The Morgan fingerprint density at radius 3 is 1.88 bits per heavy atom. The lowest BCUT2D eigenvalue weighted by molar-refractivity contribution is -0.137. The minimum absolute atomic E-state index is 0.297. The molecule has 0 fully saturated rings. The average molecular weight is 441 g/mol. The molecule has 2 N–H and O–H groups in total. The van der Waals surface area contributed by atoms with Crippen LogP contribution in [0.4, 0.5) is 0 Å². The van der Waals surface area contributed by atoms with Gasteiger partial charge in [-0.3, -0.25) is 9.59 Å². The third-order valence-corrected chi connectivity index (χ3v) is 3.60. The average Bonchev–Trinajstić information content (AvgIpc) is 2.26. The molecule has 0 saturated carbocycles. The Kier molecular flexibility index (Phi) is 16.7. The van der Waals surface area contributed by atoms with Crippen molar-refractivity contribution in [2.24, 2.45) is 0 Å². The van der Waals surface area contributed by atoms with Crippen molar-refractivity contribution in [1.29, 1.82) is 0 Å². The van der Waals surface area contributed by atoms with Crippen LogP contribution in [0, 0.1) is 0 Å². The second-order valence-corrected chi connectivity index (χ2v) is 5.87. The second-order valence-electron chi connectivity index (χ2n) is 3.18. The smallest absolute Gasteiger partial charge is 0.317 e. The molecule has 0 aliphatic rings. The van der Waals surface area contributed by atoms with Gasteiger partial charge in [-0.05, 0) is 25.7 Å². The fourth-order valence-electron chi connectivity index (χ4n) is 0.751. The fourth-order valence-corrected chi connectivity index (χ4v) is 1.79. The summed E-state index contributed by atoms with van der Waals surface area (Å²) in [5.74, 6) is -1.48. The molecular formula is C10H17Br3O4. The van der Waals surface area contributed by atoms with Crippen molar-refractivity contribution in [3.63, 3.8) is 0 Å². The first-order valence-electron chi connectivity index (χ1n) is 5.16. The molecular weight excluding hydrogens is 424 g/mol. The van der Waals surface area contributed by atoms with E-state index in [1.165, 1.54) is 0 Å². The van der Waals surface area contributed by atoms with Crippen LogP contribution in [0.15, 0.2) is 0 Å². The first-order valence-corrected chi connectivity index (χ1v) is 8.32. The molecule has 0 aliphatic heterocycles. The molecule has 0 heterocycles. The van der Waals surface area contributed by atoms with Gasteiger partial charge in [0.25, 0.3) is 0 Å². The first kappa shape index (κ1) is 19.7. The van der Waals surface area contributed by atoms with Gasteiger partial charge in [0.15, 0.2) is 0 Å². The van der Waals surface area contributed by atoms with Gasteiger partial charge in [0.05, 0.1) is 0 Å². The van der Waals surface area contributed by atoms with Crippen molar-refractivity contribution >= 4 is 59.7 Å². The maximum atomic E-state index is 10.1. The minimum atomic E-state index is -0.782. The number of carbonyl (C=O) groups is 2. The molecule has 0 spiro atoms. The molecule has 0 rings (SSSR count). The van der Waals surface area contributed by atoms with Gasteiger partial charge in [-0.1, -0.05) is 47.8 Å². The van der Waals surface area contributed by atoms with Gasteiger partial charge in [0, 0.05) is 17.1 Å². The maximum absolute atomic E-state index is 10.1. The van der Waals surface area contributed by atoms with Crippen molar-refractivity contribution in [3.05, 3.63) is 0 Å². The summed E-state index contributed by atoms with van der Waals surface area (Å²) in [6.07, 6.45) is 3.60. The predicted molar refractivity (Wildman–Crippen MR) is 78.7 cm³/mol. The number of hydrogen-bond acceptors (Lipinski definition) is 2. The van der Waals surface area contributed by atoms with Crippen LogP contribution in [0.3, 0.4) is 0 Å². The van der Waals surface area contributed by atoms with Crippen molar-refractivity contribution < 1.29 is 19.8 Å². The maximum Gasteiger partial charge on any atom is 0.317 e. The molecule has 0 aromatic heterocycles. The molecule has 102 valence electrons. The Labute approximate surface area is 127 Å². The van der Waals surface area contributed by atoms with Crippen LogP contribution >= 0.6 is 47.8 Å². The molecule has 0 aromatic rings. The number of hydrogen-bond donors (Lipinski definition) is 2. The number of carboxylic acid groups (broad SMARTS) is 2. The lowest BCUT2D eigenvalue weighted by Crippen LogP contribution is -2.12. The van der Waals surface area contributed by atoms with E-state index in [0.717, 1.165) is 29.9 Å². The summed E-state index contributed by atoms with van der Waals surface area (Å²) in [5, 5.41) is 18.2. The Bertz CT molecular complexity index is 212. The van der Waals surface area contributed by atoms with Crippen LogP contribution in [0.5, 0.6) is 0 Å². The minimum Gasteiger partial charge on any atom is -0.481 e. The van der Waals surface area contributed by atoms with Crippen LogP contribution in [0.25, 0.3) is 0 Å². The zero-order valence-electron chi connectivity index (χ0n) is 9.37. The highest BCUT2D eigenvalue weighted by molar-refractivity contribution is 9.10. The van der Waals surface area contributed by atoms with E-state index in [1.807, 2.05) is 0 Å². The largest absolute Gasteiger partial charge is 0.481 e. The Morgan fingerprint density at radius 1 is 1.00 bits per heavy atom. The molecule has 0 aromatic carbocycles. The third kappa shape index (κ3) is 18.9. The summed E-state index contributed by atoms with van der Waals surface area (Å²) in [6, 6.07) is 0. The lowest BCUT2D eigenvalue weighted by atomic mass is 10.2. The van der Waals surface area contributed by atoms with Gasteiger partial charge in [0.2, 0.25) is 0 Å². The summed E-state index contributed by atoms with van der Waals surface area (Å²) < 4.78 is 0. The monoisotopic (exact) mass is 438 g/mol. The van der Waals surface area contributed by atoms with Gasteiger partial charge in [0.1, 0.15) is 4.83 Å². The zero-order chi connectivity index (χ0) is 13.7. The molecule has 1 unspecified atom stereocenters. The van der Waals surface area contributed by atoms with Gasteiger partial charge >= 0.3 is 11.9 Å². The summed E-state index contributed by atoms with van der Waals surface area (Å²) in [7, 11) is 0. The Balaban J connectivity index is 0. The van der Waals surface area contributed by atoms with Crippen LogP contribution in [0.1, 0.15) is 32.1 Å². The first-order chi connectivity index (χ1) is 7.95. The van der Waals surface area contributed by atoms with E-state index < -0.39 is 11.9 Å². The number of alkyl halides is 3. The van der Waals surface area contributed by atoms with Gasteiger partial charge < -0.3 is 10.2 Å². The number of halogens is 3. The quantitative estimate of drug-likeness (QED) is 0.446. The van der Waals surface area contributed by atoms with Gasteiger partial charge in [-0.2, -0.15) is 0 Å². The molecule has 4 nitrogen and oxygen atoms in total. The van der Waals surface area contributed by atoms with Crippen molar-refractivity contribution in [3.8, 4) is 0 Å². The van der Waals surface area contributed by atoms with E-state index in [4.69, 9.17) is 10.2 Å². The van der Waals surface area contributed by atoms with Gasteiger partial charge in [-0.15, -0.1) is 0 Å². The molecule has 17 heavy (non-hydrogen) atoms. The molecule has 1 atom stereocenters. The Morgan fingerprint density at radius 2 is 1.53 bits per heavy atom. The molecule has 0 bridgehead atoms. The predicted octanol–water partition coefficient (Wildman–Crippen LogP) is 3.65. The Hall–Kier alpha value is 0.380. The molecule has 7 heteroatoms. The molecule has 0 radical (unpaired) electrons. The molecule has 0 saturated heterocycles. The van der Waals surface area contributed by atoms with E-state index in [2.05, 4.69) is 47.8 Å². The van der Waals surface area contributed by atoms with Crippen LogP contribution in [-0.4, -0.2) is 37.6 Å². The topological polar surface area (TPSA) is 74.6 Å². The van der Waals surface area contributed by atoms with E-state index in [1.54, 1.807) is 0 Å². The lowest BCUT2D eigenvalue weighted by Gasteiger charge is -1.99. The molecule has 0 aliphatic carbocycles. The highest BCUT2D eigenvalue weighted by atomic mass is 79.9. The van der Waals surface area contributed by atoms with Crippen molar-refractivity contribution in [2.75, 3.05) is 10.7 Å². The summed E-state index contributed by atoms with van der Waals surface area (Å²) in [5.41, 5.74) is 0. The third-order valence-electron chi connectivity index (χ3n) is 1.63. The summed E-state index contributed by atoms with van der Waals surface area (Å²) >= 11 is 9.44. The number of rotatable bonds is 8. The summed E-state index contributed by atoms with van der Waals surface area (Å²) in [6.45, 7) is 0. The summed E-state index contributed by atoms with van der Waals surface area (Å²) in [4.78, 5) is 19.6. The molecule has 0 amide bonds. The van der Waals surface area contributed by atoms with Crippen molar-refractivity contribution in [1.82, 2.24) is 0 Å². The fraction of sp³-hybridized carbons (Fsp3) is 0.800. The van der Waals surface area contributed by atoms with E-state index >= 15 is 0 Å². The van der Waals surface area contributed by atoms with E-state index in [-0.39, 0.29) is 4.83 Å². The number of unbranched alkanes of at least 4 members (excludes halogenated alkanes) is 1. The highest BCUT2D eigenvalue weighted by Gasteiger charge is 2.10. The van der Waals surface area contributed by atoms with Crippen LogP contribution in [-0.2, 0) is 9.59 Å². The SMILES string of the molecule is O=C(O)C(Br)CCCBr.O=C(O)CCCCBr. The second kappa shape index (κ2) is 14.4. The van der Waals surface area contributed by atoms with Crippen LogP contribution in [0.2, 0.25) is 0 Å². The highest BCUT2D eigenvalue weighted by Crippen LogP contribution is 2.08. The standard InChI is InChI=1S/C5H8Br2O2.C5H9BrO2/c6-3-1-2-4(7)5(8)9;6-4-2-1-3-5(7)8/h4H,1-3H2,(H,8,9);1-4H2,(H,7,8).